The standard InChI is InChI=1S/C11H9N3OS/c1-2-4-9-8(3-1)5-6-12-13-10(9)11-14-15-7-16-11/h1-6,13H,7H2. The zero-order valence-corrected chi connectivity index (χ0v) is 9.20. The molecule has 0 bridgehead atoms. The molecule has 1 N–H and O–H groups in total. The summed E-state index contributed by atoms with van der Waals surface area (Å²) in [6, 6.07) is 8.10. The molecule has 16 heavy (non-hydrogen) atoms. The van der Waals surface area contributed by atoms with Crippen LogP contribution in [0.2, 0.25) is 0 Å². The maximum atomic E-state index is 4.99. The summed E-state index contributed by atoms with van der Waals surface area (Å²) in [5.74, 6) is 0.566. The molecule has 5 heteroatoms. The maximum absolute atomic E-state index is 4.99. The van der Waals surface area contributed by atoms with Crippen LogP contribution in [0.3, 0.4) is 0 Å². The van der Waals surface area contributed by atoms with Gasteiger partial charge in [-0.05, 0) is 11.3 Å². The fraction of sp³-hybridized carbons (Fsp3) is 0.0909. The predicted octanol–water partition coefficient (Wildman–Crippen LogP) is 0.199. The van der Waals surface area contributed by atoms with Crippen molar-refractivity contribution in [3.63, 3.8) is 0 Å². The van der Waals surface area contributed by atoms with E-state index in [4.69, 9.17) is 4.84 Å². The number of benzene rings is 1. The third-order valence-corrected chi connectivity index (χ3v) is 3.12. The largest absolute Gasteiger partial charge is 0.383 e. The first-order valence-corrected chi connectivity index (χ1v) is 5.85. The molecule has 0 saturated carbocycles. The van der Waals surface area contributed by atoms with Gasteiger partial charge in [-0.3, -0.25) is 5.43 Å². The third-order valence-electron chi connectivity index (χ3n) is 2.34. The van der Waals surface area contributed by atoms with Gasteiger partial charge in [0, 0.05) is 11.4 Å². The van der Waals surface area contributed by atoms with Crippen molar-refractivity contribution in [1.82, 2.24) is 5.43 Å². The van der Waals surface area contributed by atoms with E-state index in [1.807, 2.05) is 24.3 Å². The molecule has 0 atom stereocenters. The quantitative estimate of drug-likeness (QED) is 0.751. The molecule has 0 saturated heterocycles. The Kier molecular flexibility index (Phi) is 2.38. The Hall–Kier alpha value is -1.75. The molecule has 0 radical (unpaired) electrons. The molecule has 4 nitrogen and oxygen atoms in total. The first-order chi connectivity index (χ1) is 7.95. The fourth-order valence-electron chi connectivity index (χ4n) is 1.62. The molecule has 1 aromatic rings. The van der Waals surface area contributed by atoms with Gasteiger partial charge in [-0.2, -0.15) is 5.10 Å². The first-order valence-electron chi connectivity index (χ1n) is 4.87. The summed E-state index contributed by atoms with van der Waals surface area (Å²) in [5, 5.41) is 11.2. The predicted molar refractivity (Wildman–Crippen MR) is 66.2 cm³/mol. The smallest absolute Gasteiger partial charge is 0.168 e. The fourth-order valence-corrected chi connectivity index (χ4v) is 2.25. The summed E-state index contributed by atoms with van der Waals surface area (Å²) >= 11 is 1.56. The average molecular weight is 231 g/mol. The molecular formula is C11H9N3OS. The maximum Gasteiger partial charge on any atom is 0.168 e. The lowest BCUT2D eigenvalue weighted by atomic mass is 10.2. The van der Waals surface area contributed by atoms with E-state index in [0.29, 0.717) is 5.94 Å². The van der Waals surface area contributed by atoms with Crippen molar-refractivity contribution in [2.24, 2.45) is 10.3 Å². The van der Waals surface area contributed by atoms with Gasteiger partial charge < -0.3 is 4.84 Å². The number of oxime groups is 1. The highest BCUT2D eigenvalue weighted by molar-refractivity contribution is 8.15. The highest BCUT2D eigenvalue weighted by atomic mass is 32.2. The SMILES string of the molecule is C1=NNC(C2=NOCS2)=c2ccccc2=C1. The molecular weight excluding hydrogens is 222 g/mol. The molecule has 0 aromatic heterocycles. The van der Waals surface area contributed by atoms with Crippen LogP contribution in [0.25, 0.3) is 11.8 Å². The van der Waals surface area contributed by atoms with Crippen LogP contribution in [-0.2, 0) is 4.84 Å². The third kappa shape index (κ3) is 1.59. The van der Waals surface area contributed by atoms with E-state index >= 15 is 0 Å². The van der Waals surface area contributed by atoms with E-state index in [1.54, 1.807) is 18.0 Å². The summed E-state index contributed by atoms with van der Waals surface area (Å²) in [4.78, 5) is 4.99. The van der Waals surface area contributed by atoms with Gasteiger partial charge in [0.15, 0.2) is 11.0 Å². The van der Waals surface area contributed by atoms with Crippen molar-refractivity contribution in [3.05, 3.63) is 34.7 Å². The number of hydrogen-bond acceptors (Lipinski definition) is 5. The Bertz CT molecular complexity index is 591. The summed E-state index contributed by atoms with van der Waals surface area (Å²) < 4.78 is 0. The van der Waals surface area contributed by atoms with Gasteiger partial charge in [-0.1, -0.05) is 41.2 Å². The molecule has 2 aliphatic rings. The van der Waals surface area contributed by atoms with Gasteiger partial charge in [-0.15, -0.1) is 0 Å². The summed E-state index contributed by atoms with van der Waals surface area (Å²) in [6.45, 7) is 0. The molecule has 0 fully saturated rings. The minimum Gasteiger partial charge on any atom is -0.383 e. The molecule has 0 amide bonds. The average Bonchev–Trinajstić information content (AvgIpc) is 2.76. The van der Waals surface area contributed by atoms with Crippen molar-refractivity contribution in [2.75, 3.05) is 5.94 Å². The van der Waals surface area contributed by atoms with Crippen molar-refractivity contribution in [1.29, 1.82) is 0 Å². The molecule has 2 aliphatic heterocycles. The van der Waals surface area contributed by atoms with Gasteiger partial charge in [-0.25, -0.2) is 0 Å². The summed E-state index contributed by atoms with van der Waals surface area (Å²) in [5.41, 5.74) is 3.91. The Morgan fingerprint density at radius 1 is 1.31 bits per heavy atom. The van der Waals surface area contributed by atoms with E-state index in [2.05, 4.69) is 21.7 Å². The first kappa shape index (κ1) is 9.47. The number of nitrogens with one attached hydrogen (secondary N) is 1. The van der Waals surface area contributed by atoms with Gasteiger partial charge in [0.25, 0.3) is 0 Å². The molecule has 80 valence electrons. The van der Waals surface area contributed by atoms with E-state index in [0.717, 1.165) is 21.2 Å². The Morgan fingerprint density at radius 3 is 3.12 bits per heavy atom. The number of hydrogen-bond donors (Lipinski definition) is 1. The molecule has 0 unspecified atom stereocenters. The van der Waals surface area contributed by atoms with E-state index in [-0.39, 0.29) is 0 Å². The van der Waals surface area contributed by atoms with Crippen LogP contribution in [0.5, 0.6) is 0 Å². The van der Waals surface area contributed by atoms with E-state index < -0.39 is 0 Å². The number of thioether (sulfide) groups is 1. The number of fused-ring (bicyclic) bond motifs is 1. The van der Waals surface area contributed by atoms with Gasteiger partial charge in [0.05, 0.1) is 5.70 Å². The van der Waals surface area contributed by atoms with Crippen molar-refractivity contribution < 1.29 is 4.84 Å². The van der Waals surface area contributed by atoms with Crippen molar-refractivity contribution in [2.45, 2.75) is 0 Å². The minimum atomic E-state index is 0.566. The van der Waals surface area contributed by atoms with Crippen molar-refractivity contribution in [3.8, 4) is 0 Å². The lowest BCUT2D eigenvalue weighted by molar-refractivity contribution is 0.205. The van der Waals surface area contributed by atoms with Crippen LogP contribution in [0, 0.1) is 0 Å². The topological polar surface area (TPSA) is 46.0 Å². The minimum absolute atomic E-state index is 0.566. The highest BCUT2D eigenvalue weighted by Gasteiger charge is 2.15. The monoisotopic (exact) mass is 231 g/mol. The molecule has 2 heterocycles. The van der Waals surface area contributed by atoms with Crippen LogP contribution in [-0.4, -0.2) is 17.2 Å². The van der Waals surface area contributed by atoms with Crippen LogP contribution >= 0.6 is 11.8 Å². The lowest BCUT2D eigenvalue weighted by Crippen LogP contribution is -2.31. The zero-order valence-electron chi connectivity index (χ0n) is 8.38. The normalized spacial score (nSPS) is 17.8. The lowest BCUT2D eigenvalue weighted by Gasteiger charge is -2.02. The second-order valence-electron chi connectivity index (χ2n) is 3.31. The summed E-state index contributed by atoms with van der Waals surface area (Å²) in [6.07, 6.45) is 3.71. The molecule has 0 spiro atoms. The van der Waals surface area contributed by atoms with Crippen LogP contribution in [0.4, 0.5) is 0 Å². The van der Waals surface area contributed by atoms with Crippen LogP contribution in [0.15, 0.2) is 34.5 Å². The second-order valence-corrected chi connectivity index (χ2v) is 4.22. The molecule has 0 aliphatic carbocycles. The summed E-state index contributed by atoms with van der Waals surface area (Å²) in [7, 11) is 0. The van der Waals surface area contributed by atoms with Gasteiger partial charge in [0.1, 0.15) is 0 Å². The van der Waals surface area contributed by atoms with Crippen molar-refractivity contribution >= 4 is 34.8 Å². The Morgan fingerprint density at radius 2 is 2.25 bits per heavy atom. The number of hydrazone groups is 1. The van der Waals surface area contributed by atoms with Gasteiger partial charge in [0.2, 0.25) is 0 Å². The number of rotatable bonds is 1. The van der Waals surface area contributed by atoms with Gasteiger partial charge >= 0.3 is 0 Å². The highest BCUT2D eigenvalue weighted by Crippen LogP contribution is 2.17. The Labute approximate surface area is 96.4 Å². The second kappa shape index (κ2) is 4.02. The Balaban J connectivity index is 2.29. The zero-order chi connectivity index (χ0) is 10.8. The number of nitrogens with zero attached hydrogens (tertiary/aromatic N) is 2. The van der Waals surface area contributed by atoms with Crippen LogP contribution in [0.1, 0.15) is 0 Å². The van der Waals surface area contributed by atoms with E-state index in [1.165, 1.54) is 0 Å². The molecule has 3 rings (SSSR count). The molecule has 1 aromatic carbocycles. The van der Waals surface area contributed by atoms with Crippen LogP contribution < -0.4 is 15.9 Å². The van der Waals surface area contributed by atoms with E-state index in [9.17, 15) is 0 Å².